The second-order valence-electron chi connectivity index (χ2n) is 7.22. The van der Waals surface area contributed by atoms with Crippen molar-refractivity contribution in [3.05, 3.63) is 53.9 Å². The molecule has 3 heterocycles. The Kier molecular flexibility index (Phi) is 4.31. The Hall–Kier alpha value is -2.18. The molecule has 1 atom stereocenters. The third kappa shape index (κ3) is 3.60. The van der Waals surface area contributed by atoms with Gasteiger partial charge in [-0.1, -0.05) is 24.3 Å². The highest BCUT2D eigenvalue weighted by Gasteiger charge is 2.39. The number of likely N-dealkylation sites (tertiary alicyclic amines) is 1. The van der Waals surface area contributed by atoms with Crippen molar-refractivity contribution in [3.63, 3.8) is 0 Å². The summed E-state index contributed by atoms with van der Waals surface area (Å²) in [6.45, 7) is 3.71. The largest absolute Gasteiger partial charge is 0.387 e. The van der Waals surface area contributed by atoms with Gasteiger partial charge in [-0.3, -0.25) is 14.4 Å². The van der Waals surface area contributed by atoms with Crippen molar-refractivity contribution in [3.8, 4) is 0 Å². The quantitative estimate of drug-likeness (QED) is 0.899. The molecule has 1 N–H and O–H groups in total. The van der Waals surface area contributed by atoms with Crippen LogP contribution in [0.4, 0.5) is 0 Å². The second-order valence-corrected chi connectivity index (χ2v) is 7.22. The molecule has 0 radical (unpaired) electrons. The summed E-state index contributed by atoms with van der Waals surface area (Å²) < 4.78 is 1.63. The molecule has 4 rings (SSSR count). The number of amides is 1. The first-order valence-corrected chi connectivity index (χ1v) is 8.88. The fourth-order valence-electron chi connectivity index (χ4n) is 3.94. The van der Waals surface area contributed by atoms with Gasteiger partial charge in [0, 0.05) is 38.6 Å². The minimum absolute atomic E-state index is 0.0172. The summed E-state index contributed by atoms with van der Waals surface area (Å²) >= 11 is 0. The molecular formula is C19H24N4O2. The van der Waals surface area contributed by atoms with E-state index >= 15 is 0 Å². The van der Waals surface area contributed by atoms with Gasteiger partial charge in [0.1, 0.15) is 6.54 Å². The number of rotatable bonds is 4. The number of benzene rings is 1. The summed E-state index contributed by atoms with van der Waals surface area (Å²) in [5, 5.41) is 15.1. The molecule has 0 unspecified atom stereocenters. The maximum Gasteiger partial charge on any atom is 0.244 e. The van der Waals surface area contributed by atoms with Gasteiger partial charge in [0.15, 0.2) is 0 Å². The SMILES string of the molecule is O=C(Cn1cccn1)N1CC[C@](O)(CN2CCc3ccccc3C2)C1. The lowest BCUT2D eigenvalue weighted by Gasteiger charge is -2.34. The number of fused-ring (bicyclic) bond motifs is 1. The van der Waals surface area contributed by atoms with E-state index in [1.807, 2.05) is 6.07 Å². The number of β-amino-alcohol motifs (C(OH)–C–C–N with tert-alkyl or cyclic N) is 1. The van der Waals surface area contributed by atoms with Crippen molar-refractivity contribution in [2.45, 2.75) is 31.5 Å². The fourth-order valence-corrected chi connectivity index (χ4v) is 3.94. The van der Waals surface area contributed by atoms with Gasteiger partial charge in [-0.2, -0.15) is 5.10 Å². The van der Waals surface area contributed by atoms with Crippen molar-refractivity contribution in [2.75, 3.05) is 26.2 Å². The van der Waals surface area contributed by atoms with Crippen LogP contribution in [0.2, 0.25) is 0 Å². The molecule has 6 nitrogen and oxygen atoms in total. The Balaban J connectivity index is 1.35. The van der Waals surface area contributed by atoms with E-state index in [1.54, 1.807) is 22.0 Å². The number of hydrogen-bond donors (Lipinski definition) is 1. The molecule has 2 aliphatic heterocycles. The van der Waals surface area contributed by atoms with E-state index in [1.165, 1.54) is 11.1 Å². The molecule has 1 saturated heterocycles. The van der Waals surface area contributed by atoms with E-state index in [2.05, 4.69) is 34.3 Å². The highest BCUT2D eigenvalue weighted by Crippen LogP contribution is 2.26. The summed E-state index contributed by atoms with van der Waals surface area (Å²) in [4.78, 5) is 16.5. The molecule has 132 valence electrons. The van der Waals surface area contributed by atoms with Crippen LogP contribution < -0.4 is 0 Å². The van der Waals surface area contributed by atoms with Gasteiger partial charge in [-0.05, 0) is 30.0 Å². The number of aliphatic hydroxyl groups is 1. The number of aromatic nitrogens is 2. The molecule has 2 aliphatic rings. The Labute approximate surface area is 147 Å². The van der Waals surface area contributed by atoms with Crippen molar-refractivity contribution >= 4 is 5.91 Å². The molecule has 6 heteroatoms. The predicted octanol–water partition coefficient (Wildman–Crippen LogP) is 0.905. The van der Waals surface area contributed by atoms with Crippen molar-refractivity contribution in [2.24, 2.45) is 0 Å². The third-order valence-corrected chi connectivity index (χ3v) is 5.27. The lowest BCUT2D eigenvalue weighted by molar-refractivity contribution is -0.132. The van der Waals surface area contributed by atoms with Crippen LogP contribution in [0.3, 0.4) is 0 Å². The molecule has 1 fully saturated rings. The van der Waals surface area contributed by atoms with Gasteiger partial charge in [0.2, 0.25) is 5.91 Å². The first-order valence-electron chi connectivity index (χ1n) is 8.88. The van der Waals surface area contributed by atoms with Crippen LogP contribution in [0.25, 0.3) is 0 Å². The Morgan fingerprint density at radius 1 is 1.20 bits per heavy atom. The molecule has 0 bridgehead atoms. The number of carbonyl (C=O) groups excluding carboxylic acids is 1. The minimum atomic E-state index is -0.813. The summed E-state index contributed by atoms with van der Waals surface area (Å²) in [5.41, 5.74) is 1.95. The maximum atomic E-state index is 12.4. The van der Waals surface area contributed by atoms with Crippen molar-refractivity contribution in [1.29, 1.82) is 0 Å². The Bertz CT molecular complexity index is 746. The van der Waals surface area contributed by atoms with E-state index in [0.29, 0.717) is 26.1 Å². The second kappa shape index (κ2) is 6.61. The standard InChI is InChI=1S/C19H24N4O2/c24-18(13-23-9-3-8-20-23)22-11-7-19(25,15-22)14-21-10-6-16-4-1-2-5-17(16)12-21/h1-5,8-9,25H,6-7,10-15H2/t19-/m0/s1. The van der Waals surface area contributed by atoms with Gasteiger partial charge < -0.3 is 10.0 Å². The van der Waals surface area contributed by atoms with Crippen LogP contribution in [0.1, 0.15) is 17.5 Å². The average Bonchev–Trinajstić information content (AvgIpc) is 3.24. The fraction of sp³-hybridized carbons (Fsp3) is 0.474. The predicted molar refractivity (Wildman–Crippen MR) is 93.8 cm³/mol. The summed E-state index contributed by atoms with van der Waals surface area (Å²) in [6.07, 6.45) is 5.11. The maximum absolute atomic E-state index is 12.4. The molecular weight excluding hydrogens is 316 g/mol. The van der Waals surface area contributed by atoms with Crippen LogP contribution in [-0.2, 0) is 24.3 Å². The van der Waals surface area contributed by atoms with E-state index in [0.717, 1.165) is 19.5 Å². The van der Waals surface area contributed by atoms with Gasteiger partial charge >= 0.3 is 0 Å². The average molecular weight is 340 g/mol. The molecule has 1 aromatic heterocycles. The molecule has 1 aromatic carbocycles. The zero-order chi connectivity index (χ0) is 17.3. The van der Waals surface area contributed by atoms with Crippen LogP contribution in [0, 0.1) is 0 Å². The lowest BCUT2D eigenvalue weighted by Crippen LogP contribution is -2.47. The smallest absolute Gasteiger partial charge is 0.244 e. The number of nitrogens with zero attached hydrogens (tertiary/aromatic N) is 4. The first-order chi connectivity index (χ1) is 12.1. The topological polar surface area (TPSA) is 61.6 Å². The van der Waals surface area contributed by atoms with Gasteiger partial charge in [0.05, 0.1) is 12.1 Å². The lowest BCUT2D eigenvalue weighted by atomic mass is 9.97. The summed E-state index contributed by atoms with van der Waals surface area (Å²) in [7, 11) is 0. The zero-order valence-electron chi connectivity index (χ0n) is 14.3. The van der Waals surface area contributed by atoms with E-state index in [4.69, 9.17) is 0 Å². The Morgan fingerprint density at radius 3 is 2.84 bits per heavy atom. The van der Waals surface area contributed by atoms with Gasteiger partial charge in [0.25, 0.3) is 0 Å². The third-order valence-electron chi connectivity index (χ3n) is 5.27. The molecule has 25 heavy (non-hydrogen) atoms. The highest BCUT2D eigenvalue weighted by atomic mass is 16.3. The molecule has 0 spiro atoms. The number of hydrogen-bond acceptors (Lipinski definition) is 4. The van der Waals surface area contributed by atoms with Gasteiger partial charge in [-0.15, -0.1) is 0 Å². The molecule has 0 aliphatic carbocycles. The Morgan fingerprint density at radius 2 is 2.04 bits per heavy atom. The van der Waals surface area contributed by atoms with Crippen molar-refractivity contribution in [1.82, 2.24) is 19.6 Å². The monoisotopic (exact) mass is 340 g/mol. The van der Waals surface area contributed by atoms with Crippen molar-refractivity contribution < 1.29 is 9.90 Å². The van der Waals surface area contributed by atoms with Crippen LogP contribution in [-0.4, -0.2) is 62.4 Å². The highest BCUT2D eigenvalue weighted by molar-refractivity contribution is 5.76. The van der Waals surface area contributed by atoms with Crippen LogP contribution in [0.5, 0.6) is 0 Å². The molecule has 2 aromatic rings. The van der Waals surface area contributed by atoms with E-state index < -0.39 is 5.60 Å². The van der Waals surface area contributed by atoms with E-state index in [-0.39, 0.29) is 12.5 Å². The first kappa shape index (κ1) is 16.3. The van der Waals surface area contributed by atoms with Crippen LogP contribution >= 0.6 is 0 Å². The number of carbonyl (C=O) groups is 1. The molecule has 0 saturated carbocycles. The van der Waals surface area contributed by atoms with E-state index in [9.17, 15) is 9.90 Å². The summed E-state index contributed by atoms with van der Waals surface area (Å²) in [5.74, 6) is 0.0172. The minimum Gasteiger partial charge on any atom is -0.387 e. The van der Waals surface area contributed by atoms with Gasteiger partial charge in [-0.25, -0.2) is 0 Å². The zero-order valence-corrected chi connectivity index (χ0v) is 14.3. The molecule has 1 amide bonds. The normalized spacial score (nSPS) is 23.6. The summed E-state index contributed by atoms with van der Waals surface area (Å²) in [6, 6.07) is 10.3. The van der Waals surface area contributed by atoms with Crippen LogP contribution in [0.15, 0.2) is 42.7 Å².